The van der Waals surface area contributed by atoms with E-state index in [1.165, 1.54) is 12.0 Å². The average molecular weight is 343 g/mol. The van der Waals surface area contributed by atoms with Crippen molar-refractivity contribution in [2.24, 2.45) is 5.92 Å². The van der Waals surface area contributed by atoms with Crippen molar-refractivity contribution in [2.45, 2.75) is 45.8 Å². The lowest BCUT2D eigenvalue weighted by molar-refractivity contribution is 0.111. The van der Waals surface area contributed by atoms with E-state index in [0.29, 0.717) is 22.5 Å². The number of piperazine rings is 1. The summed E-state index contributed by atoms with van der Waals surface area (Å²) in [4.78, 5) is 2.53. The Balaban J connectivity index is 2.08. The maximum absolute atomic E-state index is 13.3. The Labute approximate surface area is 129 Å². The molecule has 1 aromatic rings. The van der Waals surface area contributed by atoms with Crippen LogP contribution in [-0.4, -0.2) is 30.1 Å². The van der Waals surface area contributed by atoms with E-state index in [0.717, 1.165) is 19.6 Å². The molecular formula is C16H24BrFN2. The molecule has 1 aromatic carbocycles. The Morgan fingerprint density at radius 1 is 1.45 bits per heavy atom. The van der Waals surface area contributed by atoms with Crippen LogP contribution in [0.5, 0.6) is 0 Å². The second-order valence-corrected chi connectivity index (χ2v) is 7.12. The largest absolute Gasteiger partial charge is 0.311 e. The Morgan fingerprint density at radius 3 is 2.85 bits per heavy atom. The molecule has 20 heavy (non-hydrogen) atoms. The number of nitrogens with one attached hydrogen (secondary N) is 1. The normalized spacial score (nSPS) is 24.3. The summed E-state index contributed by atoms with van der Waals surface area (Å²) in [6.07, 6.45) is 1.20. The van der Waals surface area contributed by atoms with Gasteiger partial charge in [-0.3, -0.25) is 4.90 Å². The third-order valence-corrected chi connectivity index (χ3v) is 4.45. The monoisotopic (exact) mass is 342 g/mol. The Hall–Kier alpha value is -0.450. The minimum Gasteiger partial charge on any atom is -0.311 e. The number of hydrogen-bond acceptors (Lipinski definition) is 2. The summed E-state index contributed by atoms with van der Waals surface area (Å²) >= 11 is 3.27. The molecule has 0 radical (unpaired) electrons. The molecule has 4 heteroatoms. The zero-order chi connectivity index (χ0) is 14.7. The topological polar surface area (TPSA) is 15.3 Å². The van der Waals surface area contributed by atoms with Gasteiger partial charge in [0.1, 0.15) is 5.82 Å². The van der Waals surface area contributed by atoms with Crippen LogP contribution in [0.15, 0.2) is 22.7 Å². The van der Waals surface area contributed by atoms with Crippen LogP contribution in [-0.2, 0) is 6.54 Å². The summed E-state index contributed by atoms with van der Waals surface area (Å²) < 4.78 is 13.9. The number of rotatable bonds is 4. The van der Waals surface area contributed by atoms with E-state index in [-0.39, 0.29) is 5.82 Å². The summed E-state index contributed by atoms with van der Waals surface area (Å²) in [6.45, 7) is 9.74. The molecule has 1 aliphatic rings. The molecule has 2 rings (SSSR count). The third-order valence-electron chi connectivity index (χ3n) is 3.84. The molecule has 2 atom stereocenters. The first-order valence-electron chi connectivity index (χ1n) is 7.37. The van der Waals surface area contributed by atoms with E-state index in [9.17, 15) is 4.39 Å². The van der Waals surface area contributed by atoms with Crippen molar-refractivity contribution < 1.29 is 4.39 Å². The predicted molar refractivity (Wildman–Crippen MR) is 85.2 cm³/mol. The number of benzene rings is 1. The number of halogens is 2. The van der Waals surface area contributed by atoms with Crippen LogP contribution >= 0.6 is 15.9 Å². The molecule has 1 saturated heterocycles. The lowest BCUT2D eigenvalue weighted by atomic mass is 9.98. The van der Waals surface area contributed by atoms with Crippen LogP contribution in [0.25, 0.3) is 0 Å². The Morgan fingerprint density at radius 2 is 2.20 bits per heavy atom. The molecule has 1 N–H and O–H groups in total. The summed E-state index contributed by atoms with van der Waals surface area (Å²) in [5.74, 6) is 0.499. The van der Waals surface area contributed by atoms with Crippen LogP contribution in [0.4, 0.5) is 4.39 Å². The highest BCUT2D eigenvalue weighted by molar-refractivity contribution is 9.10. The van der Waals surface area contributed by atoms with Crippen molar-refractivity contribution in [1.29, 1.82) is 0 Å². The number of hydrogen-bond donors (Lipinski definition) is 1. The SMILES string of the molecule is CC(C)CC1CNC(C)CN1Cc1ccc(F)c(Br)c1. The minimum atomic E-state index is -0.193. The third kappa shape index (κ3) is 4.27. The van der Waals surface area contributed by atoms with E-state index in [1.807, 2.05) is 12.1 Å². The van der Waals surface area contributed by atoms with Gasteiger partial charge < -0.3 is 5.32 Å². The summed E-state index contributed by atoms with van der Waals surface area (Å²) in [5.41, 5.74) is 1.17. The molecule has 0 aliphatic carbocycles. The van der Waals surface area contributed by atoms with Crippen LogP contribution in [0.2, 0.25) is 0 Å². The van der Waals surface area contributed by atoms with Gasteiger partial charge in [-0.25, -0.2) is 4.39 Å². The predicted octanol–water partition coefficient (Wildman–Crippen LogP) is 3.80. The minimum absolute atomic E-state index is 0.193. The molecule has 1 aliphatic heterocycles. The molecule has 2 nitrogen and oxygen atoms in total. The van der Waals surface area contributed by atoms with Gasteiger partial charge in [-0.15, -0.1) is 0 Å². The molecule has 0 saturated carbocycles. The maximum atomic E-state index is 13.3. The smallest absolute Gasteiger partial charge is 0.137 e. The molecule has 0 spiro atoms. The van der Waals surface area contributed by atoms with Crippen molar-refractivity contribution >= 4 is 15.9 Å². The quantitative estimate of drug-likeness (QED) is 0.895. The zero-order valence-corrected chi connectivity index (χ0v) is 14.1. The lowest BCUT2D eigenvalue weighted by Gasteiger charge is -2.40. The first-order valence-corrected chi connectivity index (χ1v) is 8.16. The van der Waals surface area contributed by atoms with E-state index >= 15 is 0 Å². The van der Waals surface area contributed by atoms with Gasteiger partial charge in [0.15, 0.2) is 0 Å². The van der Waals surface area contributed by atoms with Crippen molar-refractivity contribution in [3.05, 3.63) is 34.1 Å². The van der Waals surface area contributed by atoms with Gasteiger partial charge in [-0.1, -0.05) is 19.9 Å². The summed E-state index contributed by atoms with van der Waals surface area (Å²) in [6, 6.07) is 6.41. The van der Waals surface area contributed by atoms with Gasteiger partial charge in [0.25, 0.3) is 0 Å². The highest BCUT2D eigenvalue weighted by Gasteiger charge is 2.26. The van der Waals surface area contributed by atoms with Crippen LogP contribution in [0.3, 0.4) is 0 Å². The second-order valence-electron chi connectivity index (χ2n) is 6.27. The van der Waals surface area contributed by atoms with Crippen LogP contribution in [0, 0.1) is 11.7 Å². The molecule has 0 aromatic heterocycles. The van der Waals surface area contributed by atoms with E-state index in [4.69, 9.17) is 0 Å². The van der Waals surface area contributed by atoms with Crippen LogP contribution in [0.1, 0.15) is 32.8 Å². The standard InChI is InChI=1S/C16H24BrFN2/c1-11(2)6-14-8-19-12(3)9-20(14)10-13-4-5-16(18)15(17)7-13/h4-5,7,11-12,14,19H,6,8-10H2,1-3H3. The summed E-state index contributed by atoms with van der Waals surface area (Å²) in [5, 5.41) is 3.56. The molecule has 0 amide bonds. The molecule has 0 bridgehead atoms. The first-order chi connectivity index (χ1) is 9.45. The van der Waals surface area contributed by atoms with Crippen molar-refractivity contribution in [3.63, 3.8) is 0 Å². The van der Waals surface area contributed by atoms with E-state index < -0.39 is 0 Å². The van der Waals surface area contributed by atoms with Crippen molar-refractivity contribution in [1.82, 2.24) is 10.2 Å². The molecule has 1 heterocycles. The van der Waals surface area contributed by atoms with Crippen molar-refractivity contribution in [2.75, 3.05) is 13.1 Å². The fourth-order valence-corrected chi connectivity index (χ4v) is 3.30. The van der Waals surface area contributed by atoms with Gasteiger partial charge >= 0.3 is 0 Å². The Bertz CT molecular complexity index is 450. The van der Waals surface area contributed by atoms with Gasteiger partial charge in [0, 0.05) is 31.7 Å². The first kappa shape index (κ1) is 15.9. The summed E-state index contributed by atoms with van der Waals surface area (Å²) in [7, 11) is 0. The maximum Gasteiger partial charge on any atom is 0.137 e. The zero-order valence-electron chi connectivity index (χ0n) is 12.5. The lowest BCUT2D eigenvalue weighted by Crippen LogP contribution is -2.55. The highest BCUT2D eigenvalue weighted by Crippen LogP contribution is 2.21. The average Bonchev–Trinajstić information content (AvgIpc) is 2.37. The van der Waals surface area contributed by atoms with Gasteiger partial charge in [-0.2, -0.15) is 0 Å². The van der Waals surface area contributed by atoms with Crippen molar-refractivity contribution in [3.8, 4) is 0 Å². The highest BCUT2D eigenvalue weighted by atomic mass is 79.9. The van der Waals surface area contributed by atoms with Gasteiger partial charge in [0.2, 0.25) is 0 Å². The van der Waals surface area contributed by atoms with Gasteiger partial charge in [-0.05, 0) is 52.9 Å². The number of nitrogens with zero attached hydrogens (tertiary/aromatic N) is 1. The molecule has 1 fully saturated rings. The molecule has 2 unspecified atom stereocenters. The second kappa shape index (κ2) is 7.01. The molecular weight excluding hydrogens is 319 g/mol. The fraction of sp³-hybridized carbons (Fsp3) is 0.625. The molecule has 112 valence electrons. The Kier molecular flexibility index (Phi) is 5.58. The van der Waals surface area contributed by atoms with E-state index in [2.05, 4.69) is 46.9 Å². The van der Waals surface area contributed by atoms with E-state index in [1.54, 1.807) is 6.07 Å². The fourth-order valence-electron chi connectivity index (χ4n) is 2.87. The van der Waals surface area contributed by atoms with Crippen LogP contribution < -0.4 is 5.32 Å². The van der Waals surface area contributed by atoms with Gasteiger partial charge in [0.05, 0.1) is 4.47 Å².